The zero-order valence-electron chi connectivity index (χ0n) is 47.3. The van der Waals surface area contributed by atoms with Gasteiger partial charge in [0.2, 0.25) is 5.91 Å². The fourth-order valence-corrected chi connectivity index (χ4v) is 8.67. The van der Waals surface area contributed by atoms with Gasteiger partial charge in [0.1, 0.15) is 24.6 Å². The minimum atomic E-state index is -0.877. The van der Waals surface area contributed by atoms with Gasteiger partial charge < -0.3 is 44.9 Å². The van der Waals surface area contributed by atoms with Crippen LogP contribution in [0.3, 0.4) is 0 Å². The maximum absolute atomic E-state index is 12.5. The molecule has 3 heterocycles. The molecule has 5 aromatic carbocycles. The second-order valence-electron chi connectivity index (χ2n) is 18.4. The molecule has 3 atom stereocenters. The van der Waals surface area contributed by atoms with Crippen LogP contribution in [0.2, 0.25) is 25.1 Å². The van der Waals surface area contributed by atoms with Gasteiger partial charge in [0.05, 0.1) is 57.0 Å². The van der Waals surface area contributed by atoms with Crippen LogP contribution >= 0.6 is 69.6 Å². The number of aliphatic carboxylic acids is 1. The third-order valence-electron chi connectivity index (χ3n) is 12.4. The van der Waals surface area contributed by atoms with Gasteiger partial charge in [0.15, 0.2) is 5.17 Å². The Morgan fingerprint density at radius 2 is 0.976 bits per heavy atom. The Kier molecular flexibility index (Phi) is 34.3. The lowest BCUT2D eigenvalue weighted by Crippen LogP contribution is -2.39. The number of carbonyl (C=O) groups is 5. The summed E-state index contributed by atoms with van der Waals surface area (Å²) >= 11 is 34.1. The first kappa shape index (κ1) is 72.2. The molecule has 9 rings (SSSR count). The number of aldehydes is 1. The van der Waals surface area contributed by atoms with Crippen molar-refractivity contribution in [3.05, 3.63) is 187 Å². The van der Waals surface area contributed by atoms with E-state index in [1.807, 2.05) is 60.5 Å². The highest BCUT2D eigenvalue weighted by molar-refractivity contribution is 6.69. The molecule has 4 aliphatic rings. The lowest BCUT2D eigenvalue weighted by Gasteiger charge is -2.31. The van der Waals surface area contributed by atoms with Gasteiger partial charge in [-0.3, -0.25) is 24.0 Å². The van der Waals surface area contributed by atoms with Crippen LogP contribution in [0.25, 0.3) is 0 Å². The fourth-order valence-electron chi connectivity index (χ4n) is 7.91. The Balaban J connectivity index is 0.000000276. The summed E-state index contributed by atoms with van der Waals surface area (Å²) in [4.78, 5) is 71.8. The molecule has 0 bridgehead atoms. The molecular weight excluding hydrogens is 1220 g/mol. The van der Waals surface area contributed by atoms with Crippen LogP contribution in [0.1, 0.15) is 110 Å². The number of halogens is 6. The number of hydrogen-bond donors (Lipinski definition) is 3. The summed E-state index contributed by atoms with van der Waals surface area (Å²) in [6.07, 6.45) is 10.2. The van der Waals surface area contributed by atoms with E-state index in [2.05, 4.69) is 42.4 Å². The molecule has 0 aromatic heterocycles. The summed E-state index contributed by atoms with van der Waals surface area (Å²) in [6, 6.07) is 35.9. The maximum atomic E-state index is 12.5. The number of ether oxygens (including phenoxy) is 2. The predicted octanol–water partition coefficient (Wildman–Crippen LogP) is 13.9. The number of esters is 2. The molecular formula is C61H68Cl6N6O12. The van der Waals surface area contributed by atoms with E-state index < -0.39 is 5.97 Å². The second kappa shape index (κ2) is 40.3. The predicted molar refractivity (Wildman–Crippen MR) is 335 cm³/mol. The standard InChI is InChI=1S/C18H23ClN2O2.C12H12ClNO3.C11H10ClNO3.C7H5Cl2NO.C7H5ClO.C5H8O2.CH5N/c1-21(15-5-3-2-4-6-15)18(22)12-16-11-17(20-23-16)13-7-9-14(19)10-8-13;1-16-12(15)7-10-6-11(14-17-10)8-2-4-9(13)5-3-8;12-8-3-1-7(2-4-8)10-5-9(16-13-10)6-11(14)15;8-6-3-1-5(2-4-6)7(9)10-11;8-7-3-1-6(5-9)2-4-7;1-3-4-5(6)7-2;1-2/h7-10,15-16H,2-6,11-12H2,1H3;2-5,10H,6-7H2,1H3;1-4,9H,5-6H2,(H,14,15);1-4,11H;1-5H;3H,1,4H2,2H3;2H2,1H3/b;;;10-7-;;;. The molecule has 1 fully saturated rings. The van der Waals surface area contributed by atoms with E-state index in [9.17, 15) is 24.0 Å². The highest BCUT2D eigenvalue weighted by atomic mass is 35.5. The Hall–Kier alpha value is -7.03. The number of nitrogens with zero attached hydrogens (tertiary/aromatic N) is 5. The lowest BCUT2D eigenvalue weighted by atomic mass is 9.94. The number of carboxylic acid groups (broad SMARTS) is 1. The molecule has 0 radical (unpaired) electrons. The van der Waals surface area contributed by atoms with Gasteiger partial charge in [0.25, 0.3) is 0 Å². The van der Waals surface area contributed by atoms with Crippen molar-refractivity contribution in [3.8, 4) is 0 Å². The SMILES string of the molecule is C=CCC(=O)OC.CN.CN(C(=O)CC1CC(c2ccc(Cl)cc2)=NO1)C1CCCCC1.COC(=O)CC1CC(c2ccc(Cl)cc2)=NO1.O/N=C(\Cl)c1ccc(Cl)cc1.O=C(O)CC1CC(c2ccc(Cl)cc2)=NO1.O=Cc1ccc(Cl)cc1. The maximum Gasteiger partial charge on any atom is 0.309 e. The topological polar surface area (TPSA) is 251 Å². The van der Waals surface area contributed by atoms with Crippen molar-refractivity contribution in [1.82, 2.24) is 4.90 Å². The Morgan fingerprint density at radius 3 is 1.32 bits per heavy atom. The van der Waals surface area contributed by atoms with Crippen LogP contribution in [0.4, 0.5) is 0 Å². The van der Waals surface area contributed by atoms with E-state index in [1.54, 1.807) is 72.8 Å². The summed E-state index contributed by atoms with van der Waals surface area (Å²) in [7, 11) is 6.14. The van der Waals surface area contributed by atoms with Gasteiger partial charge in [-0.15, -0.1) is 6.58 Å². The van der Waals surface area contributed by atoms with E-state index in [1.165, 1.54) is 46.6 Å². The molecule has 3 unspecified atom stereocenters. The molecule has 4 N–H and O–H groups in total. The monoisotopic (exact) mass is 1290 g/mol. The average Bonchev–Trinajstić information content (AvgIpc) is 4.50. The van der Waals surface area contributed by atoms with E-state index in [0.717, 1.165) is 53.0 Å². The number of methoxy groups -OCH3 is 2. The molecule has 456 valence electrons. The van der Waals surface area contributed by atoms with Gasteiger partial charge in [0, 0.05) is 68.6 Å². The number of hydrogen-bond acceptors (Lipinski definition) is 16. The van der Waals surface area contributed by atoms with Gasteiger partial charge in [-0.2, -0.15) is 0 Å². The summed E-state index contributed by atoms with van der Waals surface area (Å²) in [6.45, 7) is 3.35. The number of nitrogens with two attached hydrogens (primary N) is 1. The summed E-state index contributed by atoms with van der Waals surface area (Å²) in [5.74, 6) is -1.25. The first-order valence-electron chi connectivity index (χ1n) is 26.4. The van der Waals surface area contributed by atoms with Crippen molar-refractivity contribution in [3.63, 3.8) is 0 Å². The van der Waals surface area contributed by atoms with E-state index in [4.69, 9.17) is 94.4 Å². The van der Waals surface area contributed by atoms with E-state index in [0.29, 0.717) is 74.4 Å². The number of oxime groups is 4. The van der Waals surface area contributed by atoms with Crippen LogP contribution < -0.4 is 5.73 Å². The van der Waals surface area contributed by atoms with Crippen molar-refractivity contribution in [2.75, 3.05) is 28.3 Å². The largest absolute Gasteiger partial charge is 0.481 e. The molecule has 1 saturated carbocycles. The highest BCUT2D eigenvalue weighted by Crippen LogP contribution is 2.26. The van der Waals surface area contributed by atoms with E-state index >= 15 is 0 Å². The molecule has 18 nitrogen and oxygen atoms in total. The van der Waals surface area contributed by atoms with Crippen LogP contribution in [0, 0.1) is 0 Å². The number of amides is 1. The summed E-state index contributed by atoms with van der Waals surface area (Å²) in [5, 5.41) is 35.1. The van der Waals surface area contributed by atoms with Crippen LogP contribution in [-0.2, 0) is 43.2 Å². The third kappa shape index (κ3) is 27.7. The highest BCUT2D eigenvalue weighted by Gasteiger charge is 2.30. The zero-order valence-corrected chi connectivity index (χ0v) is 51.8. The molecule has 1 amide bonds. The molecule has 1 aliphatic carbocycles. The first-order chi connectivity index (χ1) is 40.8. The van der Waals surface area contributed by atoms with Gasteiger partial charge in [-0.1, -0.05) is 176 Å². The quantitative estimate of drug-likeness (QED) is 0.0234. The molecule has 3 aliphatic heterocycles. The minimum absolute atomic E-state index is 0.0272. The van der Waals surface area contributed by atoms with Crippen molar-refractivity contribution in [1.29, 1.82) is 0 Å². The van der Waals surface area contributed by atoms with Crippen molar-refractivity contribution in [2.45, 2.75) is 101 Å². The molecule has 5 aromatic rings. The first-order valence-corrected chi connectivity index (χ1v) is 28.7. The number of carboxylic acids is 1. The van der Waals surface area contributed by atoms with Crippen LogP contribution in [-0.4, -0.2) is 120 Å². The number of carbonyl (C=O) groups excluding carboxylic acids is 4. The Labute approximate surface area is 525 Å². The van der Waals surface area contributed by atoms with Crippen molar-refractivity contribution < 1.29 is 58.3 Å². The number of benzene rings is 5. The van der Waals surface area contributed by atoms with Gasteiger partial charge >= 0.3 is 17.9 Å². The normalized spacial score (nSPS) is 16.3. The van der Waals surface area contributed by atoms with Crippen LogP contribution in [0.5, 0.6) is 0 Å². The second-order valence-corrected chi connectivity index (χ2v) is 21.0. The van der Waals surface area contributed by atoms with Gasteiger partial charge in [-0.05, 0) is 97.2 Å². The van der Waals surface area contributed by atoms with Gasteiger partial charge in [-0.25, -0.2) is 0 Å². The molecule has 0 spiro atoms. The van der Waals surface area contributed by atoms with Crippen molar-refractivity contribution >= 4 is 122 Å². The molecule has 85 heavy (non-hydrogen) atoms. The third-order valence-corrected chi connectivity index (χ3v) is 13.9. The minimum Gasteiger partial charge on any atom is -0.481 e. The molecule has 0 saturated heterocycles. The fraction of sp³-hybridized carbons (Fsp3) is 0.328. The number of rotatable bonds is 14. The van der Waals surface area contributed by atoms with Crippen molar-refractivity contribution in [2.24, 2.45) is 26.4 Å². The lowest BCUT2D eigenvalue weighted by molar-refractivity contribution is -0.143. The van der Waals surface area contributed by atoms with Crippen LogP contribution in [0.15, 0.2) is 155 Å². The Morgan fingerprint density at radius 1 is 0.612 bits per heavy atom. The zero-order chi connectivity index (χ0) is 62.7. The average molecular weight is 1290 g/mol. The molecule has 24 heteroatoms. The Bertz CT molecular complexity index is 3000. The summed E-state index contributed by atoms with van der Waals surface area (Å²) in [5.41, 5.74) is 11.2. The van der Waals surface area contributed by atoms with E-state index in [-0.39, 0.29) is 54.2 Å². The smallest absolute Gasteiger partial charge is 0.309 e. The summed E-state index contributed by atoms with van der Waals surface area (Å²) < 4.78 is 8.86.